The molecule has 1 saturated carbocycles. The minimum Gasteiger partial charge on any atom is -0.464 e. The Morgan fingerprint density at radius 3 is 2.55 bits per heavy atom. The number of Topliss-reactive ketones (excluding diaryl/α,β-unsaturated/α-hetero) is 1. The maximum absolute atomic E-state index is 12.1. The van der Waals surface area contributed by atoms with Gasteiger partial charge < -0.3 is 9.47 Å². The molecule has 1 atom stereocenters. The average Bonchev–Trinajstić information content (AvgIpc) is 3.31. The summed E-state index contributed by atoms with van der Waals surface area (Å²) >= 11 is 0. The predicted molar refractivity (Wildman–Crippen MR) is 86.7 cm³/mol. The van der Waals surface area contributed by atoms with E-state index in [4.69, 9.17) is 9.47 Å². The quantitative estimate of drug-likeness (QED) is 0.733. The number of hydrogen-bond donors (Lipinski definition) is 0. The number of carbonyl (C=O) groups is 1. The first kappa shape index (κ1) is 15.5. The van der Waals surface area contributed by atoms with Crippen LogP contribution in [0.1, 0.15) is 86.2 Å². The van der Waals surface area contributed by atoms with Crippen LogP contribution in [0.4, 0.5) is 0 Å². The number of ketones is 1. The highest BCUT2D eigenvalue weighted by Crippen LogP contribution is 2.47. The van der Waals surface area contributed by atoms with E-state index in [1.807, 2.05) is 6.07 Å². The summed E-state index contributed by atoms with van der Waals surface area (Å²) < 4.78 is 11.9. The lowest BCUT2D eigenvalue weighted by Gasteiger charge is -2.27. The van der Waals surface area contributed by atoms with Gasteiger partial charge in [-0.15, -0.1) is 0 Å². The molecule has 1 aromatic rings. The maximum atomic E-state index is 12.1. The molecular weight excluding hydrogens is 276 g/mol. The standard InChI is InChI=1S/C19H26O3/c1-12(2)18-16(14-7-8-14)10-9-15(13(3)20)19(18)22-17-6-4-5-11-21-17/h9-10,12,14,17H,4-8,11H2,1-3H3. The van der Waals surface area contributed by atoms with E-state index in [0.29, 0.717) is 17.4 Å². The zero-order valence-corrected chi connectivity index (χ0v) is 13.9. The highest BCUT2D eigenvalue weighted by Gasteiger charge is 2.31. The molecule has 1 aliphatic heterocycles. The number of rotatable bonds is 5. The Labute approximate surface area is 133 Å². The van der Waals surface area contributed by atoms with Crippen LogP contribution in [-0.4, -0.2) is 18.7 Å². The molecule has 0 amide bonds. The molecule has 2 aliphatic rings. The number of ether oxygens (including phenoxy) is 2. The van der Waals surface area contributed by atoms with Crippen molar-refractivity contribution < 1.29 is 14.3 Å². The van der Waals surface area contributed by atoms with Gasteiger partial charge in [0.2, 0.25) is 0 Å². The maximum Gasteiger partial charge on any atom is 0.199 e. The minimum absolute atomic E-state index is 0.0649. The normalized spacial score (nSPS) is 21.9. The first-order chi connectivity index (χ1) is 10.6. The molecule has 1 saturated heterocycles. The van der Waals surface area contributed by atoms with Gasteiger partial charge in [0, 0.05) is 12.0 Å². The van der Waals surface area contributed by atoms with Gasteiger partial charge in [0.25, 0.3) is 0 Å². The van der Waals surface area contributed by atoms with Crippen LogP contribution in [0, 0.1) is 0 Å². The summed E-state index contributed by atoms with van der Waals surface area (Å²) in [6.45, 7) is 6.73. The first-order valence-corrected chi connectivity index (χ1v) is 8.54. The largest absolute Gasteiger partial charge is 0.464 e. The molecule has 3 rings (SSSR count). The van der Waals surface area contributed by atoms with Crippen LogP contribution in [0.3, 0.4) is 0 Å². The SMILES string of the molecule is CC(=O)c1ccc(C2CC2)c(C(C)C)c1OC1CCCCO1. The van der Waals surface area contributed by atoms with Gasteiger partial charge in [-0.2, -0.15) is 0 Å². The lowest BCUT2D eigenvalue weighted by Crippen LogP contribution is -2.26. The molecule has 0 aromatic heterocycles. The molecule has 2 fully saturated rings. The van der Waals surface area contributed by atoms with E-state index in [2.05, 4.69) is 19.9 Å². The van der Waals surface area contributed by atoms with Crippen molar-refractivity contribution in [2.45, 2.75) is 71.0 Å². The molecule has 0 bridgehead atoms. The lowest BCUT2D eigenvalue weighted by molar-refractivity contribution is -0.106. The Bertz CT molecular complexity index is 552. The number of carbonyl (C=O) groups excluding carboxylic acids is 1. The highest BCUT2D eigenvalue weighted by molar-refractivity contribution is 5.97. The Balaban J connectivity index is 2.01. The molecule has 22 heavy (non-hydrogen) atoms. The monoisotopic (exact) mass is 302 g/mol. The van der Waals surface area contributed by atoms with E-state index in [9.17, 15) is 4.79 Å². The van der Waals surface area contributed by atoms with Crippen LogP contribution in [0.25, 0.3) is 0 Å². The van der Waals surface area contributed by atoms with E-state index < -0.39 is 0 Å². The Kier molecular flexibility index (Phi) is 4.53. The summed E-state index contributed by atoms with van der Waals surface area (Å²) in [5, 5.41) is 0. The van der Waals surface area contributed by atoms with Crippen molar-refractivity contribution in [1.82, 2.24) is 0 Å². The molecule has 1 aromatic carbocycles. The van der Waals surface area contributed by atoms with Crippen molar-refractivity contribution in [1.29, 1.82) is 0 Å². The Hall–Kier alpha value is -1.35. The topological polar surface area (TPSA) is 35.5 Å². The Morgan fingerprint density at radius 2 is 2.00 bits per heavy atom. The van der Waals surface area contributed by atoms with Crippen molar-refractivity contribution in [2.24, 2.45) is 0 Å². The third-order valence-electron chi connectivity index (χ3n) is 4.59. The molecule has 3 nitrogen and oxygen atoms in total. The molecule has 0 N–H and O–H groups in total. The Morgan fingerprint density at radius 1 is 1.23 bits per heavy atom. The van der Waals surface area contributed by atoms with Gasteiger partial charge in [-0.1, -0.05) is 19.9 Å². The average molecular weight is 302 g/mol. The fourth-order valence-corrected chi connectivity index (χ4v) is 3.30. The highest BCUT2D eigenvalue weighted by atomic mass is 16.7. The minimum atomic E-state index is -0.209. The molecule has 1 aliphatic carbocycles. The molecule has 0 spiro atoms. The third-order valence-corrected chi connectivity index (χ3v) is 4.59. The van der Waals surface area contributed by atoms with Gasteiger partial charge in [-0.05, 0) is 56.1 Å². The van der Waals surface area contributed by atoms with E-state index >= 15 is 0 Å². The van der Waals surface area contributed by atoms with E-state index in [-0.39, 0.29) is 12.1 Å². The molecular formula is C19H26O3. The van der Waals surface area contributed by atoms with Crippen molar-refractivity contribution >= 4 is 5.78 Å². The molecule has 1 heterocycles. The predicted octanol–water partition coefficient (Wildman–Crippen LogP) is 4.80. The van der Waals surface area contributed by atoms with Crippen molar-refractivity contribution in [2.75, 3.05) is 6.61 Å². The lowest BCUT2D eigenvalue weighted by atomic mass is 9.90. The summed E-state index contributed by atoms with van der Waals surface area (Å²) in [5.74, 6) is 1.83. The smallest absolute Gasteiger partial charge is 0.199 e. The van der Waals surface area contributed by atoms with Gasteiger partial charge in [0.05, 0.1) is 12.2 Å². The van der Waals surface area contributed by atoms with Crippen LogP contribution >= 0.6 is 0 Å². The zero-order valence-electron chi connectivity index (χ0n) is 13.9. The van der Waals surface area contributed by atoms with Crippen molar-refractivity contribution in [3.63, 3.8) is 0 Å². The molecule has 0 radical (unpaired) electrons. The zero-order chi connectivity index (χ0) is 15.7. The van der Waals surface area contributed by atoms with Gasteiger partial charge >= 0.3 is 0 Å². The van der Waals surface area contributed by atoms with Gasteiger partial charge in [0.1, 0.15) is 5.75 Å². The van der Waals surface area contributed by atoms with Crippen LogP contribution in [0.15, 0.2) is 12.1 Å². The molecule has 3 heteroatoms. The van der Waals surface area contributed by atoms with E-state index in [1.165, 1.54) is 24.0 Å². The fourth-order valence-electron chi connectivity index (χ4n) is 3.30. The van der Waals surface area contributed by atoms with Crippen molar-refractivity contribution in [3.8, 4) is 5.75 Å². The second-order valence-corrected chi connectivity index (χ2v) is 6.84. The van der Waals surface area contributed by atoms with Crippen LogP contribution in [0.2, 0.25) is 0 Å². The van der Waals surface area contributed by atoms with Crippen molar-refractivity contribution in [3.05, 3.63) is 28.8 Å². The third kappa shape index (κ3) is 3.19. The number of benzene rings is 1. The van der Waals surface area contributed by atoms with Gasteiger partial charge in [0.15, 0.2) is 12.1 Å². The molecule has 1 unspecified atom stereocenters. The van der Waals surface area contributed by atoms with Gasteiger partial charge in [-0.25, -0.2) is 0 Å². The van der Waals surface area contributed by atoms with E-state index in [1.54, 1.807) is 6.92 Å². The summed E-state index contributed by atoms with van der Waals surface area (Å²) in [4.78, 5) is 12.1. The summed E-state index contributed by atoms with van der Waals surface area (Å²) in [6.07, 6.45) is 5.41. The summed E-state index contributed by atoms with van der Waals surface area (Å²) in [5.41, 5.74) is 3.28. The first-order valence-electron chi connectivity index (χ1n) is 8.54. The van der Waals surface area contributed by atoms with Crippen LogP contribution in [0.5, 0.6) is 5.75 Å². The van der Waals surface area contributed by atoms with Crippen LogP contribution < -0.4 is 4.74 Å². The summed E-state index contributed by atoms with van der Waals surface area (Å²) in [7, 11) is 0. The second kappa shape index (κ2) is 6.41. The number of hydrogen-bond acceptors (Lipinski definition) is 3. The van der Waals surface area contributed by atoms with E-state index in [0.717, 1.165) is 31.6 Å². The second-order valence-electron chi connectivity index (χ2n) is 6.84. The molecule has 120 valence electrons. The summed E-state index contributed by atoms with van der Waals surface area (Å²) in [6, 6.07) is 4.08. The van der Waals surface area contributed by atoms with Crippen LogP contribution in [-0.2, 0) is 4.74 Å². The fraction of sp³-hybridized carbons (Fsp3) is 0.632. The van der Waals surface area contributed by atoms with Gasteiger partial charge in [-0.3, -0.25) is 4.79 Å².